The topological polar surface area (TPSA) is 76.1 Å². The van der Waals surface area contributed by atoms with Crippen molar-refractivity contribution in [1.29, 1.82) is 0 Å². The van der Waals surface area contributed by atoms with E-state index >= 15 is 0 Å². The first-order valence-electron chi connectivity index (χ1n) is 7.64. The van der Waals surface area contributed by atoms with Crippen molar-refractivity contribution in [1.82, 2.24) is 9.71 Å². The highest BCUT2D eigenvalue weighted by molar-refractivity contribution is 7.91. The van der Waals surface area contributed by atoms with E-state index in [1.165, 1.54) is 30.6 Å². The summed E-state index contributed by atoms with van der Waals surface area (Å²) in [6, 6.07) is 7.30. The van der Waals surface area contributed by atoms with E-state index in [0.717, 1.165) is 0 Å². The lowest BCUT2D eigenvalue weighted by molar-refractivity contribution is 0.0980. The van der Waals surface area contributed by atoms with Gasteiger partial charge in [-0.2, -0.15) is 0 Å². The molecule has 24 heavy (non-hydrogen) atoms. The monoisotopic (exact) mass is 348 g/mol. The summed E-state index contributed by atoms with van der Waals surface area (Å²) >= 11 is 0. The molecule has 1 fully saturated rings. The van der Waals surface area contributed by atoms with E-state index in [1.807, 2.05) is 0 Å². The van der Waals surface area contributed by atoms with E-state index in [0.29, 0.717) is 30.4 Å². The first kappa shape index (κ1) is 16.6. The van der Waals surface area contributed by atoms with E-state index in [4.69, 9.17) is 0 Å². The molecule has 1 aliphatic carbocycles. The van der Waals surface area contributed by atoms with Crippen LogP contribution in [0, 0.1) is 5.82 Å². The van der Waals surface area contributed by atoms with Gasteiger partial charge >= 0.3 is 0 Å². The third kappa shape index (κ3) is 3.03. The van der Waals surface area contributed by atoms with Gasteiger partial charge in [0.2, 0.25) is 10.0 Å². The Hall–Kier alpha value is -2.28. The summed E-state index contributed by atoms with van der Waals surface area (Å²) in [7, 11) is -3.71. The molecule has 0 spiro atoms. The van der Waals surface area contributed by atoms with Gasteiger partial charge in [0.1, 0.15) is 5.82 Å². The molecule has 0 aliphatic heterocycles. The Morgan fingerprint density at radius 3 is 2.46 bits per heavy atom. The van der Waals surface area contributed by atoms with Crippen molar-refractivity contribution in [3.05, 3.63) is 54.1 Å². The summed E-state index contributed by atoms with van der Waals surface area (Å²) in [6.07, 6.45) is 4.46. The van der Waals surface area contributed by atoms with Crippen molar-refractivity contribution in [2.24, 2.45) is 0 Å². The molecule has 5 nitrogen and oxygen atoms in total. The number of nitrogens with zero attached hydrogens (tertiary/aromatic N) is 1. The molecule has 0 saturated heterocycles. The zero-order valence-electron chi connectivity index (χ0n) is 13.1. The zero-order valence-corrected chi connectivity index (χ0v) is 13.9. The molecule has 2 aromatic rings. The van der Waals surface area contributed by atoms with Crippen LogP contribution in [0.5, 0.6) is 0 Å². The standard InChI is InChI=1S/C17H17FN2O3S/c1-2-17(7-8-17)24(22,23)20-16(21)14-9-13(10-19-11-14)12-3-5-15(18)6-4-12/h3-6,9-11H,2,7-8H2,1H3,(H,20,21). The van der Waals surface area contributed by atoms with Gasteiger partial charge in [-0.05, 0) is 43.0 Å². The molecule has 7 heteroatoms. The number of sulfonamides is 1. The number of nitrogens with one attached hydrogen (secondary N) is 1. The SMILES string of the molecule is CCC1(S(=O)(=O)NC(=O)c2cncc(-c3ccc(F)cc3)c2)CC1. The number of carbonyl (C=O) groups excluding carboxylic acids is 1. The lowest BCUT2D eigenvalue weighted by Crippen LogP contribution is -2.39. The van der Waals surface area contributed by atoms with Gasteiger partial charge in [0.15, 0.2) is 0 Å². The van der Waals surface area contributed by atoms with E-state index in [1.54, 1.807) is 19.1 Å². The van der Waals surface area contributed by atoms with Gasteiger partial charge < -0.3 is 0 Å². The Kier molecular flexibility index (Phi) is 4.13. The number of carbonyl (C=O) groups is 1. The first-order valence-corrected chi connectivity index (χ1v) is 9.13. The van der Waals surface area contributed by atoms with Crippen LogP contribution in [-0.4, -0.2) is 24.1 Å². The highest BCUT2D eigenvalue weighted by atomic mass is 32.2. The number of hydrogen-bond donors (Lipinski definition) is 1. The number of hydrogen-bond acceptors (Lipinski definition) is 4. The van der Waals surface area contributed by atoms with Gasteiger partial charge in [-0.25, -0.2) is 17.5 Å². The third-order valence-electron chi connectivity index (χ3n) is 4.43. The van der Waals surface area contributed by atoms with Gasteiger partial charge in [-0.15, -0.1) is 0 Å². The normalized spacial score (nSPS) is 15.8. The maximum absolute atomic E-state index is 13.0. The highest BCUT2D eigenvalue weighted by Gasteiger charge is 2.53. The average Bonchev–Trinajstić information content (AvgIpc) is 3.37. The summed E-state index contributed by atoms with van der Waals surface area (Å²) in [5.74, 6) is -1.06. The fourth-order valence-corrected chi connectivity index (χ4v) is 4.20. The van der Waals surface area contributed by atoms with Crippen molar-refractivity contribution < 1.29 is 17.6 Å². The van der Waals surface area contributed by atoms with E-state index in [-0.39, 0.29) is 11.4 Å². The predicted octanol–water partition coefficient (Wildman–Crippen LogP) is 2.89. The van der Waals surface area contributed by atoms with Crippen LogP contribution >= 0.6 is 0 Å². The van der Waals surface area contributed by atoms with Gasteiger partial charge in [-0.3, -0.25) is 9.78 Å². The van der Waals surface area contributed by atoms with Crippen LogP contribution < -0.4 is 4.72 Å². The number of pyridine rings is 1. The molecule has 0 bridgehead atoms. The lowest BCUT2D eigenvalue weighted by atomic mass is 10.1. The molecule has 0 radical (unpaired) electrons. The fraction of sp³-hybridized carbons (Fsp3) is 0.294. The van der Waals surface area contributed by atoms with Crippen molar-refractivity contribution in [2.45, 2.75) is 30.9 Å². The Balaban J connectivity index is 1.84. The summed E-state index contributed by atoms with van der Waals surface area (Å²) in [5, 5.41) is 0. The Bertz CT molecular complexity index is 875. The quantitative estimate of drug-likeness (QED) is 0.901. The Labute approximate surface area is 140 Å². The maximum atomic E-state index is 13.0. The van der Waals surface area contributed by atoms with Crippen LogP contribution in [0.4, 0.5) is 4.39 Å². The van der Waals surface area contributed by atoms with Crippen molar-refractivity contribution in [2.75, 3.05) is 0 Å². The second kappa shape index (κ2) is 5.98. The largest absolute Gasteiger partial charge is 0.268 e. The van der Waals surface area contributed by atoms with Crippen molar-refractivity contribution in [3.63, 3.8) is 0 Å². The summed E-state index contributed by atoms with van der Waals surface area (Å²) < 4.78 is 39.0. The number of benzene rings is 1. The highest BCUT2D eigenvalue weighted by Crippen LogP contribution is 2.45. The van der Waals surface area contributed by atoms with Gasteiger partial charge in [0.25, 0.3) is 5.91 Å². The molecule has 1 N–H and O–H groups in total. The summed E-state index contributed by atoms with van der Waals surface area (Å²) in [5.41, 5.74) is 1.44. The number of rotatable bonds is 5. The minimum atomic E-state index is -3.71. The molecule has 1 heterocycles. The minimum absolute atomic E-state index is 0.146. The molecule has 126 valence electrons. The van der Waals surface area contributed by atoms with Crippen molar-refractivity contribution >= 4 is 15.9 Å². The van der Waals surface area contributed by atoms with Crippen LogP contribution in [0.3, 0.4) is 0 Å². The molecule has 1 aromatic heterocycles. The minimum Gasteiger partial charge on any atom is -0.268 e. The summed E-state index contributed by atoms with van der Waals surface area (Å²) in [6.45, 7) is 1.80. The molecular formula is C17H17FN2O3S. The van der Waals surface area contributed by atoms with E-state index < -0.39 is 20.7 Å². The maximum Gasteiger partial charge on any atom is 0.266 e. The smallest absolute Gasteiger partial charge is 0.266 e. The second-order valence-corrected chi connectivity index (χ2v) is 8.02. The molecule has 1 aliphatic rings. The molecule has 1 aromatic carbocycles. The lowest BCUT2D eigenvalue weighted by Gasteiger charge is -2.15. The van der Waals surface area contributed by atoms with Crippen LogP contribution in [-0.2, 0) is 10.0 Å². The zero-order chi connectivity index (χ0) is 17.4. The third-order valence-corrected chi connectivity index (χ3v) is 6.72. The fourth-order valence-electron chi connectivity index (χ4n) is 2.61. The van der Waals surface area contributed by atoms with Crippen LogP contribution in [0.1, 0.15) is 36.5 Å². The van der Waals surface area contributed by atoms with Crippen LogP contribution in [0.2, 0.25) is 0 Å². The van der Waals surface area contributed by atoms with Crippen LogP contribution in [0.25, 0.3) is 11.1 Å². The Morgan fingerprint density at radius 1 is 1.21 bits per heavy atom. The van der Waals surface area contributed by atoms with Gasteiger partial charge in [0, 0.05) is 18.0 Å². The molecular weight excluding hydrogens is 331 g/mol. The summed E-state index contributed by atoms with van der Waals surface area (Å²) in [4.78, 5) is 16.3. The molecule has 3 rings (SSSR count). The molecule has 1 amide bonds. The predicted molar refractivity (Wildman–Crippen MR) is 88.3 cm³/mol. The number of halogens is 1. The number of aromatic nitrogens is 1. The molecule has 0 atom stereocenters. The van der Waals surface area contributed by atoms with Crippen LogP contribution in [0.15, 0.2) is 42.7 Å². The first-order chi connectivity index (χ1) is 11.4. The molecule has 0 unspecified atom stereocenters. The van der Waals surface area contributed by atoms with Gasteiger partial charge in [0.05, 0.1) is 10.3 Å². The van der Waals surface area contributed by atoms with E-state index in [9.17, 15) is 17.6 Å². The van der Waals surface area contributed by atoms with Crippen molar-refractivity contribution in [3.8, 4) is 11.1 Å². The molecule has 1 saturated carbocycles. The Morgan fingerprint density at radius 2 is 1.88 bits per heavy atom. The average molecular weight is 348 g/mol. The van der Waals surface area contributed by atoms with E-state index in [2.05, 4.69) is 9.71 Å². The second-order valence-electron chi connectivity index (χ2n) is 5.94. The van der Waals surface area contributed by atoms with Gasteiger partial charge in [-0.1, -0.05) is 19.1 Å². The number of amides is 1.